The minimum absolute atomic E-state index is 0.746. The van der Waals surface area contributed by atoms with Crippen molar-refractivity contribution in [3.63, 3.8) is 0 Å². The number of nitrogens with one attached hydrogen (secondary N) is 1. The topological polar surface area (TPSA) is 58.9 Å². The average molecular weight is 335 g/mol. The van der Waals surface area contributed by atoms with Crippen LogP contribution in [0, 0.1) is 11.8 Å². The molecule has 0 atom stereocenters. The third kappa shape index (κ3) is 2.41. The molecule has 4 heterocycles. The molecule has 5 heteroatoms. The normalized spacial score (nSPS) is 10.8. The molecule has 1 N–H and O–H groups in total. The fourth-order valence-corrected chi connectivity index (χ4v) is 2.91. The maximum absolute atomic E-state index is 4.70. The van der Waals surface area contributed by atoms with E-state index in [1.807, 2.05) is 60.8 Å². The van der Waals surface area contributed by atoms with Crippen LogP contribution in [0.1, 0.15) is 11.3 Å². The Balaban J connectivity index is 1.60. The van der Waals surface area contributed by atoms with Crippen molar-refractivity contribution in [2.75, 3.05) is 0 Å². The minimum atomic E-state index is 0.746. The van der Waals surface area contributed by atoms with Gasteiger partial charge in [0.1, 0.15) is 11.3 Å². The predicted octanol–water partition coefficient (Wildman–Crippen LogP) is 3.67. The van der Waals surface area contributed by atoms with Crippen LogP contribution in [0.4, 0.5) is 0 Å². The Hall–Kier alpha value is -3.91. The number of rotatable bonds is 1. The smallest absolute Gasteiger partial charge is 0.154 e. The van der Waals surface area contributed by atoms with E-state index in [1.165, 1.54) is 0 Å². The lowest BCUT2D eigenvalue weighted by Gasteiger charge is -2.01. The Morgan fingerprint density at radius 2 is 1.81 bits per heavy atom. The van der Waals surface area contributed by atoms with E-state index in [-0.39, 0.29) is 0 Å². The van der Waals surface area contributed by atoms with Crippen LogP contribution in [0.25, 0.3) is 27.9 Å². The molecule has 0 fully saturated rings. The van der Waals surface area contributed by atoms with Crippen LogP contribution in [0.3, 0.4) is 0 Å². The Bertz CT molecular complexity index is 1290. The lowest BCUT2D eigenvalue weighted by molar-refractivity contribution is 0.930. The summed E-state index contributed by atoms with van der Waals surface area (Å²) in [5.74, 6) is 6.38. The summed E-state index contributed by atoms with van der Waals surface area (Å²) < 4.78 is 1.78. The molecule has 0 bridgehead atoms. The van der Waals surface area contributed by atoms with Gasteiger partial charge in [-0.05, 0) is 30.2 Å². The first-order valence-electron chi connectivity index (χ1n) is 8.23. The zero-order valence-corrected chi connectivity index (χ0v) is 13.7. The first kappa shape index (κ1) is 14.4. The highest BCUT2D eigenvalue weighted by Crippen LogP contribution is 2.18. The van der Waals surface area contributed by atoms with Crippen LogP contribution < -0.4 is 0 Å². The number of H-pyrrole nitrogens is 1. The zero-order valence-electron chi connectivity index (χ0n) is 13.7. The highest BCUT2D eigenvalue weighted by Gasteiger charge is 2.06. The third-order valence-corrected chi connectivity index (χ3v) is 4.21. The van der Waals surface area contributed by atoms with Crippen LogP contribution >= 0.6 is 0 Å². The summed E-state index contributed by atoms with van der Waals surface area (Å²) in [5, 5.41) is 5.71. The lowest BCUT2D eigenvalue weighted by Crippen LogP contribution is -1.96. The SMILES string of the molecule is C(#Cc1cnc2ccc(-c3ccccc3)nn12)c1c[nH]c2ncccc12. The number of aromatic amines is 1. The summed E-state index contributed by atoms with van der Waals surface area (Å²) in [6.45, 7) is 0. The second-order valence-electron chi connectivity index (χ2n) is 5.85. The molecule has 0 aliphatic heterocycles. The first-order chi connectivity index (χ1) is 12.9. The van der Waals surface area contributed by atoms with Crippen LogP contribution in [-0.2, 0) is 0 Å². The van der Waals surface area contributed by atoms with Crippen molar-refractivity contribution in [1.29, 1.82) is 0 Å². The molecule has 1 aromatic carbocycles. The van der Waals surface area contributed by atoms with Crippen molar-refractivity contribution >= 4 is 16.7 Å². The highest BCUT2D eigenvalue weighted by molar-refractivity contribution is 5.82. The second-order valence-corrected chi connectivity index (χ2v) is 5.85. The minimum Gasteiger partial charge on any atom is -0.345 e. The van der Waals surface area contributed by atoms with Crippen molar-refractivity contribution in [3.8, 4) is 23.1 Å². The van der Waals surface area contributed by atoms with Crippen molar-refractivity contribution in [2.45, 2.75) is 0 Å². The third-order valence-electron chi connectivity index (χ3n) is 4.21. The molecular formula is C21H13N5. The summed E-state index contributed by atoms with van der Waals surface area (Å²) in [7, 11) is 0. The molecule has 0 spiro atoms. The predicted molar refractivity (Wildman–Crippen MR) is 100 cm³/mol. The number of fused-ring (bicyclic) bond motifs is 2. The summed E-state index contributed by atoms with van der Waals surface area (Å²) in [6.07, 6.45) is 5.38. The van der Waals surface area contributed by atoms with E-state index in [4.69, 9.17) is 5.10 Å². The van der Waals surface area contributed by atoms with Crippen molar-refractivity contribution in [2.24, 2.45) is 0 Å². The van der Waals surface area contributed by atoms with E-state index in [1.54, 1.807) is 16.9 Å². The number of imidazole rings is 1. The molecule has 4 aromatic heterocycles. The van der Waals surface area contributed by atoms with Crippen molar-refractivity contribution in [1.82, 2.24) is 24.6 Å². The molecule has 5 nitrogen and oxygen atoms in total. The maximum Gasteiger partial charge on any atom is 0.154 e. The van der Waals surface area contributed by atoms with E-state index in [0.29, 0.717) is 0 Å². The number of benzene rings is 1. The number of nitrogens with zero attached hydrogens (tertiary/aromatic N) is 4. The molecule has 0 aliphatic carbocycles. The molecule has 0 unspecified atom stereocenters. The Labute approximate surface area is 149 Å². The van der Waals surface area contributed by atoms with E-state index in [9.17, 15) is 0 Å². The van der Waals surface area contributed by atoms with Gasteiger partial charge in [-0.3, -0.25) is 0 Å². The number of hydrogen-bond acceptors (Lipinski definition) is 3. The molecule has 26 heavy (non-hydrogen) atoms. The van der Waals surface area contributed by atoms with E-state index >= 15 is 0 Å². The van der Waals surface area contributed by atoms with Gasteiger partial charge in [0.2, 0.25) is 0 Å². The van der Waals surface area contributed by atoms with Gasteiger partial charge in [0.15, 0.2) is 5.65 Å². The van der Waals surface area contributed by atoms with E-state index in [2.05, 4.69) is 26.8 Å². The van der Waals surface area contributed by atoms with Gasteiger partial charge >= 0.3 is 0 Å². The largest absolute Gasteiger partial charge is 0.345 e. The fraction of sp³-hybridized carbons (Fsp3) is 0. The van der Waals surface area contributed by atoms with Crippen LogP contribution in [-0.4, -0.2) is 24.6 Å². The summed E-state index contributed by atoms with van der Waals surface area (Å²) >= 11 is 0. The van der Waals surface area contributed by atoms with Gasteiger partial charge in [-0.15, -0.1) is 0 Å². The molecule has 0 radical (unpaired) electrons. The van der Waals surface area contributed by atoms with Crippen molar-refractivity contribution < 1.29 is 0 Å². The van der Waals surface area contributed by atoms with Gasteiger partial charge in [0.05, 0.1) is 17.5 Å². The highest BCUT2D eigenvalue weighted by atomic mass is 15.3. The molecule has 0 amide bonds. The monoisotopic (exact) mass is 335 g/mol. The number of pyridine rings is 1. The number of hydrogen-bond donors (Lipinski definition) is 1. The van der Waals surface area contributed by atoms with Gasteiger partial charge in [-0.25, -0.2) is 14.5 Å². The van der Waals surface area contributed by atoms with Gasteiger partial charge < -0.3 is 4.98 Å². The summed E-state index contributed by atoms with van der Waals surface area (Å²) in [4.78, 5) is 11.8. The van der Waals surface area contributed by atoms with E-state index < -0.39 is 0 Å². The van der Waals surface area contributed by atoms with Crippen LogP contribution in [0.5, 0.6) is 0 Å². The van der Waals surface area contributed by atoms with Gasteiger partial charge in [-0.2, -0.15) is 5.10 Å². The van der Waals surface area contributed by atoms with Gasteiger partial charge in [-0.1, -0.05) is 36.3 Å². The molecule has 5 rings (SSSR count). The molecule has 0 saturated heterocycles. The average Bonchev–Trinajstić information content (AvgIpc) is 3.30. The van der Waals surface area contributed by atoms with Crippen molar-refractivity contribution in [3.05, 3.63) is 84.4 Å². The quantitative estimate of drug-likeness (QED) is 0.476. The fourth-order valence-electron chi connectivity index (χ4n) is 2.91. The standard InChI is InChI=1S/C21H13N5/c1-2-5-15(6-3-1)19-10-11-20-23-14-17(26(20)25-19)9-8-16-13-24-21-18(16)7-4-12-22-21/h1-7,10-14H,(H,22,24). The Kier molecular flexibility index (Phi) is 3.26. The second kappa shape index (κ2) is 5.87. The lowest BCUT2D eigenvalue weighted by atomic mass is 10.1. The molecule has 5 aromatic rings. The van der Waals surface area contributed by atoms with Crippen LogP contribution in [0.15, 0.2) is 73.2 Å². The summed E-state index contributed by atoms with van der Waals surface area (Å²) in [5.41, 5.74) is 5.20. The Morgan fingerprint density at radius 1 is 0.885 bits per heavy atom. The van der Waals surface area contributed by atoms with Gasteiger partial charge in [0, 0.05) is 23.3 Å². The Morgan fingerprint density at radius 3 is 2.73 bits per heavy atom. The van der Waals surface area contributed by atoms with E-state index in [0.717, 1.165) is 39.2 Å². The zero-order chi connectivity index (χ0) is 17.3. The van der Waals surface area contributed by atoms with Crippen LogP contribution in [0.2, 0.25) is 0 Å². The molecule has 0 aliphatic rings. The number of aromatic nitrogens is 5. The molecule has 122 valence electrons. The van der Waals surface area contributed by atoms with Gasteiger partial charge in [0.25, 0.3) is 0 Å². The maximum atomic E-state index is 4.70. The first-order valence-corrected chi connectivity index (χ1v) is 8.23. The molecule has 0 saturated carbocycles. The molecular weight excluding hydrogens is 322 g/mol. The summed E-state index contributed by atoms with van der Waals surface area (Å²) in [6, 6.07) is 17.9.